The van der Waals surface area contributed by atoms with E-state index in [0.29, 0.717) is 0 Å². The van der Waals surface area contributed by atoms with Crippen LogP contribution in [0.3, 0.4) is 0 Å². The van der Waals surface area contributed by atoms with Gasteiger partial charge in [-0.15, -0.1) is 0 Å². The molecule has 0 saturated carbocycles. The van der Waals surface area contributed by atoms with Gasteiger partial charge in [-0.25, -0.2) is 14.4 Å². The minimum Gasteiger partial charge on any atom is -1.00 e. The van der Waals surface area contributed by atoms with Crippen molar-refractivity contribution in [2.75, 3.05) is 0 Å². The minimum absolute atomic E-state index is 0. The molecule has 0 spiro atoms. The summed E-state index contributed by atoms with van der Waals surface area (Å²) in [7, 11) is 0. The molecule has 0 aromatic carbocycles. The van der Waals surface area contributed by atoms with Crippen molar-refractivity contribution >= 4 is 192 Å². The average Bonchev–Trinajstić information content (AvgIpc) is 1.58. The van der Waals surface area contributed by atoms with Gasteiger partial charge in [0.1, 0.15) is 0 Å². The van der Waals surface area contributed by atoms with Crippen LogP contribution in [0.1, 0.15) is 11.4 Å². The Labute approximate surface area is 231 Å². The molecule has 0 aromatic heterocycles. The fourth-order valence-electron chi connectivity index (χ4n) is 0.163. The number of hydrogen-bond acceptors (Lipinski definition) is 5. The molecule has 72 valence electrons. The Balaban J connectivity index is -0.00000000614. The summed E-state index contributed by atoms with van der Waals surface area (Å²) in [6, 6.07) is 0. The van der Waals surface area contributed by atoms with Crippen molar-refractivity contribution in [3.63, 3.8) is 0 Å². The molecule has 0 heterocycles. The van der Waals surface area contributed by atoms with Crippen molar-refractivity contribution in [1.29, 1.82) is 0 Å². The van der Waals surface area contributed by atoms with E-state index in [1.54, 1.807) is 0 Å². The Morgan fingerprint density at radius 1 is 0.857 bits per heavy atom. The van der Waals surface area contributed by atoms with Gasteiger partial charge in [-0.3, -0.25) is 0 Å². The van der Waals surface area contributed by atoms with E-state index in [2.05, 4.69) is 9.47 Å². The summed E-state index contributed by atoms with van der Waals surface area (Å²) in [6.45, 7) is 0. The molecule has 14 heavy (non-hydrogen) atoms. The predicted octanol–water partition coefficient (Wildman–Crippen LogP) is -0.128. The van der Waals surface area contributed by atoms with E-state index < -0.39 is 18.5 Å². The molecule has 0 radical (unpaired) electrons. The topological polar surface area (TPSA) is 110 Å². The summed E-state index contributed by atoms with van der Waals surface area (Å²) >= 11 is 0. The van der Waals surface area contributed by atoms with E-state index in [4.69, 9.17) is 10.2 Å². The van der Waals surface area contributed by atoms with Crippen molar-refractivity contribution in [2.24, 2.45) is 0 Å². The molecule has 0 fully saturated rings. The van der Waals surface area contributed by atoms with Crippen LogP contribution in [0.25, 0.3) is 0 Å². The van der Waals surface area contributed by atoms with Gasteiger partial charge in [0.15, 0.2) is 0 Å². The molecule has 0 aromatic rings. The van der Waals surface area contributed by atoms with Gasteiger partial charge in [-0.2, -0.15) is 0 Å². The Bertz CT molecular complexity index is 189. The first-order chi connectivity index (χ1) is 4.52. The van der Waals surface area contributed by atoms with Crippen molar-refractivity contribution < 1.29 is 45.5 Å². The standard InChI is InChI=1S/C3H2O7.2Ba.2Ca.8H/c4-1(5)9-3(8)10-2(6)7;;;;;;;;;;;;/h(H,4,5)(H,6,7);;;;;;;;;;;;/q;4*+2;8*-1. The minimum atomic E-state index is -1.92. The molecule has 0 saturated heterocycles. The van der Waals surface area contributed by atoms with Gasteiger partial charge < -0.3 is 31.1 Å². The van der Waals surface area contributed by atoms with Crippen LogP contribution < -0.4 is 0 Å². The third-order valence-electron chi connectivity index (χ3n) is 0.341. The predicted molar refractivity (Wildman–Crippen MR) is 55.5 cm³/mol. The number of carbonyl (C=O) groups is 3. The monoisotopic (exact) mass is 514 g/mol. The molecule has 2 N–H and O–H groups in total. The van der Waals surface area contributed by atoms with Gasteiger partial charge in [0.05, 0.1) is 0 Å². The number of carbonyl (C=O) groups excluding carboxylic acids is 1. The van der Waals surface area contributed by atoms with Crippen LogP contribution in [0, 0.1) is 0 Å². The summed E-state index contributed by atoms with van der Waals surface area (Å²) in [6.07, 6.45) is -5.64. The number of carboxylic acid groups (broad SMARTS) is 2. The maximum atomic E-state index is 9.86. The Morgan fingerprint density at radius 3 is 1.21 bits per heavy atom. The van der Waals surface area contributed by atoms with Crippen LogP contribution in [-0.2, 0) is 9.47 Å². The summed E-state index contributed by atoms with van der Waals surface area (Å²) < 4.78 is 6.47. The van der Waals surface area contributed by atoms with E-state index in [9.17, 15) is 14.4 Å². The van der Waals surface area contributed by atoms with E-state index >= 15 is 0 Å². The smallest absolute Gasteiger partial charge is 1.00 e. The van der Waals surface area contributed by atoms with E-state index in [1.165, 1.54) is 0 Å². The fraction of sp³-hybridized carbons (Fsp3) is 0. The second-order valence-corrected chi connectivity index (χ2v) is 0.986. The molecule has 0 atom stereocenters. The van der Waals surface area contributed by atoms with Crippen LogP contribution in [0.15, 0.2) is 0 Å². The first-order valence-electron chi connectivity index (χ1n) is 1.88. The largest absolute Gasteiger partial charge is 2.00 e. The Kier molecular flexibility index (Phi) is 42.1. The third kappa shape index (κ3) is 24.9. The second kappa shape index (κ2) is 19.2. The molecule has 0 amide bonds. The normalized spacial score (nSPS) is 5.71. The Morgan fingerprint density at radius 2 is 1.07 bits per heavy atom. The maximum Gasteiger partial charge on any atom is 2.00 e. The molecule has 11 heteroatoms. The first kappa shape index (κ1) is 30.7. The molecule has 7 nitrogen and oxygen atoms in total. The van der Waals surface area contributed by atoms with Gasteiger partial charge >= 0.3 is 192 Å². The van der Waals surface area contributed by atoms with Gasteiger partial charge in [-0.05, 0) is 0 Å². The average molecular weight is 513 g/mol. The van der Waals surface area contributed by atoms with Crippen molar-refractivity contribution in [3.8, 4) is 0 Å². The second-order valence-electron chi connectivity index (χ2n) is 0.986. The summed E-state index contributed by atoms with van der Waals surface area (Å²) in [5.74, 6) is 0. The Hall–Kier alpha value is 3.87. The molecule has 0 aliphatic rings. The number of rotatable bonds is 0. The zero-order valence-corrected chi connectivity index (χ0v) is 20.6. The van der Waals surface area contributed by atoms with Gasteiger partial charge in [0.25, 0.3) is 0 Å². The summed E-state index contributed by atoms with van der Waals surface area (Å²) in [5.41, 5.74) is 0. The fourth-order valence-corrected chi connectivity index (χ4v) is 0.163. The number of hydrogen-bond donors (Lipinski definition) is 2. The van der Waals surface area contributed by atoms with Crippen LogP contribution in [-0.4, -0.2) is 202 Å². The van der Waals surface area contributed by atoms with Crippen LogP contribution in [0.2, 0.25) is 0 Å². The molecular weight excluding hydrogens is 503 g/mol. The van der Waals surface area contributed by atoms with Crippen molar-refractivity contribution in [3.05, 3.63) is 0 Å². The number of ether oxygens (including phenoxy) is 2. The van der Waals surface area contributed by atoms with E-state index in [1.807, 2.05) is 0 Å². The van der Waals surface area contributed by atoms with Crippen LogP contribution >= 0.6 is 0 Å². The van der Waals surface area contributed by atoms with Crippen molar-refractivity contribution in [2.45, 2.75) is 0 Å². The van der Waals surface area contributed by atoms with Crippen LogP contribution in [0.5, 0.6) is 0 Å². The molecule has 0 bridgehead atoms. The molecule has 0 aliphatic heterocycles. The van der Waals surface area contributed by atoms with Gasteiger partial charge in [-0.1, -0.05) is 0 Å². The first-order valence-corrected chi connectivity index (χ1v) is 1.88. The molecule has 0 unspecified atom stereocenters. The zero-order valence-electron chi connectivity index (χ0n) is 15.3. The SMILES string of the molecule is O=C(O)OC(=O)OC(=O)O.[Ba+2].[Ba+2].[Ca+2].[Ca+2].[H-].[H-].[H-].[H-].[H-].[H-].[H-].[H-]. The molecular formula is C3H10Ba2Ca2O7. The van der Waals surface area contributed by atoms with Crippen molar-refractivity contribution in [1.82, 2.24) is 0 Å². The quantitative estimate of drug-likeness (QED) is 0.264. The molecule has 0 aliphatic carbocycles. The third-order valence-corrected chi connectivity index (χ3v) is 0.341. The maximum absolute atomic E-state index is 9.86. The van der Waals surface area contributed by atoms with Gasteiger partial charge in [0.2, 0.25) is 0 Å². The molecule has 0 rings (SSSR count). The zero-order chi connectivity index (χ0) is 8.15. The summed E-state index contributed by atoms with van der Waals surface area (Å²) in [5, 5.41) is 15.4. The van der Waals surface area contributed by atoms with Crippen LogP contribution in [0.4, 0.5) is 14.4 Å². The van der Waals surface area contributed by atoms with E-state index in [0.717, 1.165) is 0 Å². The van der Waals surface area contributed by atoms with E-state index in [-0.39, 0.29) is 185 Å². The van der Waals surface area contributed by atoms with Gasteiger partial charge in [0, 0.05) is 0 Å². The summed E-state index contributed by atoms with van der Waals surface area (Å²) in [4.78, 5) is 28.8.